The number of aromatic amines is 1. The molecule has 0 atom stereocenters. The molecule has 1 saturated carbocycles. The molecular formula is C9H12N2O2. The van der Waals surface area contributed by atoms with E-state index < -0.39 is 5.60 Å². The number of H-pyrrole nitrogens is 1. The minimum absolute atomic E-state index is 0.240. The van der Waals surface area contributed by atoms with Crippen molar-refractivity contribution >= 4 is 5.78 Å². The van der Waals surface area contributed by atoms with Gasteiger partial charge in [0.2, 0.25) is 0 Å². The van der Waals surface area contributed by atoms with Gasteiger partial charge in [-0.05, 0) is 12.8 Å². The molecule has 0 aliphatic heterocycles. The van der Waals surface area contributed by atoms with Crippen molar-refractivity contribution < 1.29 is 9.90 Å². The van der Waals surface area contributed by atoms with Gasteiger partial charge < -0.3 is 10.1 Å². The van der Waals surface area contributed by atoms with Crippen LogP contribution in [0, 0.1) is 0 Å². The number of Topliss-reactive ketones (excluding diaryl/α,β-unsaturated/α-hetero) is 1. The van der Waals surface area contributed by atoms with E-state index in [1.165, 1.54) is 0 Å². The first-order valence-corrected chi connectivity index (χ1v) is 4.44. The van der Waals surface area contributed by atoms with Gasteiger partial charge in [0.15, 0.2) is 0 Å². The van der Waals surface area contributed by atoms with Gasteiger partial charge in [-0.2, -0.15) is 0 Å². The molecule has 1 aliphatic rings. The lowest BCUT2D eigenvalue weighted by Gasteiger charge is -2.29. The number of hydrogen-bond donors (Lipinski definition) is 2. The number of carbonyl (C=O) groups excluding carboxylic acids is 1. The summed E-state index contributed by atoms with van der Waals surface area (Å²) in [5, 5.41) is 10.1. The van der Waals surface area contributed by atoms with E-state index in [0.29, 0.717) is 25.7 Å². The van der Waals surface area contributed by atoms with Crippen LogP contribution in [0.15, 0.2) is 12.5 Å². The van der Waals surface area contributed by atoms with Crippen LogP contribution in [0.5, 0.6) is 0 Å². The first-order chi connectivity index (χ1) is 6.21. The molecule has 1 aliphatic carbocycles. The van der Waals surface area contributed by atoms with Crippen LogP contribution >= 0.6 is 0 Å². The number of nitrogens with zero attached hydrogens (tertiary/aromatic N) is 1. The summed E-state index contributed by atoms with van der Waals surface area (Å²) in [6, 6.07) is 0. The van der Waals surface area contributed by atoms with E-state index in [9.17, 15) is 9.90 Å². The van der Waals surface area contributed by atoms with E-state index in [-0.39, 0.29) is 5.78 Å². The summed E-state index contributed by atoms with van der Waals surface area (Å²) >= 11 is 0. The van der Waals surface area contributed by atoms with E-state index in [1.807, 2.05) is 0 Å². The molecule has 13 heavy (non-hydrogen) atoms. The van der Waals surface area contributed by atoms with Gasteiger partial charge in [0.25, 0.3) is 0 Å². The summed E-state index contributed by atoms with van der Waals surface area (Å²) in [7, 11) is 0. The minimum atomic E-state index is -0.857. The zero-order valence-electron chi connectivity index (χ0n) is 7.29. The van der Waals surface area contributed by atoms with Crippen molar-refractivity contribution in [3.63, 3.8) is 0 Å². The van der Waals surface area contributed by atoms with E-state index in [0.717, 1.165) is 5.69 Å². The highest BCUT2D eigenvalue weighted by atomic mass is 16.3. The summed E-state index contributed by atoms with van der Waals surface area (Å²) < 4.78 is 0. The van der Waals surface area contributed by atoms with Crippen molar-refractivity contribution in [1.82, 2.24) is 9.97 Å². The zero-order valence-corrected chi connectivity index (χ0v) is 7.29. The first kappa shape index (κ1) is 8.44. The van der Waals surface area contributed by atoms with Crippen molar-refractivity contribution in [3.05, 3.63) is 18.2 Å². The Hall–Kier alpha value is -1.16. The second kappa shape index (κ2) is 2.96. The molecule has 70 valence electrons. The maximum atomic E-state index is 11.0. The van der Waals surface area contributed by atoms with Crippen LogP contribution in [0.4, 0.5) is 0 Å². The molecule has 1 heterocycles. The molecule has 1 aromatic rings. The Balaban J connectivity index is 2.18. The molecule has 0 amide bonds. The number of hydrogen-bond acceptors (Lipinski definition) is 3. The van der Waals surface area contributed by atoms with Crippen LogP contribution in [0.2, 0.25) is 0 Å². The van der Waals surface area contributed by atoms with Gasteiger partial charge in [-0.25, -0.2) is 4.98 Å². The lowest BCUT2D eigenvalue weighted by atomic mass is 9.82. The van der Waals surface area contributed by atoms with Crippen molar-refractivity contribution in [1.29, 1.82) is 0 Å². The van der Waals surface area contributed by atoms with Gasteiger partial charge in [-0.3, -0.25) is 4.79 Å². The van der Waals surface area contributed by atoms with Gasteiger partial charge in [0, 0.05) is 12.8 Å². The van der Waals surface area contributed by atoms with Crippen molar-refractivity contribution in [3.8, 4) is 0 Å². The fourth-order valence-corrected chi connectivity index (χ4v) is 1.72. The standard InChI is InChI=1S/C9H12N2O2/c12-7-1-3-9(13,4-2-7)8-5-10-6-11-8/h5-6,13H,1-4H2,(H,10,11). The molecule has 2 rings (SSSR count). The second-order valence-electron chi connectivity index (χ2n) is 3.54. The van der Waals surface area contributed by atoms with Crippen LogP contribution < -0.4 is 0 Å². The van der Waals surface area contributed by atoms with Crippen LogP contribution in [0.3, 0.4) is 0 Å². The smallest absolute Gasteiger partial charge is 0.133 e. The van der Waals surface area contributed by atoms with Crippen LogP contribution in [-0.2, 0) is 10.4 Å². The SMILES string of the molecule is O=C1CCC(O)(c2cnc[nH]2)CC1. The van der Waals surface area contributed by atoms with Crippen molar-refractivity contribution in [2.24, 2.45) is 0 Å². The van der Waals surface area contributed by atoms with Gasteiger partial charge in [0.1, 0.15) is 11.4 Å². The predicted molar refractivity (Wildman–Crippen MR) is 46.0 cm³/mol. The van der Waals surface area contributed by atoms with Gasteiger partial charge >= 0.3 is 0 Å². The molecule has 4 nitrogen and oxygen atoms in total. The van der Waals surface area contributed by atoms with Gasteiger partial charge in [0.05, 0.1) is 18.2 Å². The largest absolute Gasteiger partial charge is 0.384 e. The molecule has 0 bridgehead atoms. The minimum Gasteiger partial charge on any atom is -0.384 e. The van der Waals surface area contributed by atoms with E-state index in [4.69, 9.17) is 0 Å². The topological polar surface area (TPSA) is 66.0 Å². The van der Waals surface area contributed by atoms with Crippen LogP contribution in [-0.4, -0.2) is 20.9 Å². The maximum Gasteiger partial charge on any atom is 0.133 e. The Morgan fingerprint density at radius 3 is 2.69 bits per heavy atom. The summed E-state index contributed by atoms with van der Waals surface area (Å²) in [6.45, 7) is 0. The Kier molecular flexibility index (Phi) is 1.92. The van der Waals surface area contributed by atoms with Gasteiger partial charge in [-0.1, -0.05) is 0 Å². The van der Waals surface area contributed by atoms with Crippen LogP contribution in [0.1, 0.15) is 31.4 Å². The molecule has 0 aromatic carbocycles. The summed E-state index contributed by atoms with van der Waals surface area (Å²) in [5.41, 5.74) is -0.135. The number of aliphatic hydroxyl groups is 1. The highest BCUT2D eigenvalue weighted by molar-refractivity contribution is 5.79. The first-order valence-electron chi connectivity index (χ1n) is 4.44. The van der Waals surface area contributed by atoms with Crippen molar-refractivity contribution in [2.45, 2.75) is 31.3 Å². The van der Waals surface area contributed by atoms with Crippen LogP contribution in [0.25, 0.3) is 0 Å². The Bertz CT molecular complexity index is 295. The molecular weight excluding hydrogens is 168 g/mol. The zero-order chi connectivity index (χ0) is 9.31. The maximum absolute atomic E-state index is 11.0. The summed E-state index contributed by atoms with van der Waals surface area (Å²) in [4.78, 5) is 17.7. The third-order valence-corrected chi connectivity index (χ3v) is 2.63. The highest BCUT2D eigenvalue weighted by Gasteiger charge is 2.34. The molecule has 1 aromatic heterocycles. The number of carbonyl (C=O) groups is 1. The van der Waals surface area contributed by atoms with E-state index in [1.54, 1.807) is 12.5 Å². The average molecular weight is 180 g/mol. The highest BCUT2D eigenvalue weighted by Crippen LogP contribution is 2.34. The predicted octanol–water partition coefficient (Wildman–Crippen LogP) is 0.740. The fraction of sp³-hybridized carbons (Fsp3) is 0.556. The average Bonchev–Trinajstić information content (AvgIpc) is 2.63. The number of imidazole rings is 1. The molecule has 2 N–H and O–H groups in total. The molecule has 4 heteroatoms. The number of rotatable bonds is 1. The molecule has 0 unspecified atom stereocenters. The monoisotopic (exact) mass is 180 g/mol. The van der Waals surface area contributed by atoms with E-state index >= 15 is 0 Å². The van der Waals surface area contributed by atoms with Crippen molar-refractivity contribution in [2.75, 3.05) is 0 Å². The number of ketones is 1. The quantitative estimate of drug-likeness (QED) is 0.669. The summed E-state index contributed by atoms with van der Waals surface area (Å²) in [6.07, 6.45) is 5.12. The normalized spacial score (nSPS) is 21.8. The molecule has 1 fully saturated rings. The third-order valence-electron chi connectivity index (χ3n) is 2.63. The fourth-order valence-electron chi connectivity index (χ4n) is 1.72. The number of nitrogens with one attached hydrogen (secondary N) is 1. The summed E-state index contributed by atoms with van der Waals surface area (Å²) in [5.74, 6) is 0.240. The van der Waals surface area contributed by atoms with Gasteiger partial charge in [-0.15, -0.1) is 0 Å². The number of aromatic nitrogens is 2. The third kappa shape index (κ3) is 1.49. The molecule has 0 saturated heterocycles. The Morgan fingerprint density at radius 1 is 1.46 bits per heavy atom. The second-order valence-corrected chi connectivity index (χ2v) is 3.54. The lowest BCUT2D eigenvalue weighted by Crippen LogP contribution is -2.31. The molecule has 0 spiro atoms. The Labute approximate surface area is 76.0 Å². The Morgan fingerprint density at radius 2 is 2.15 bits per heavy atom. The van der Waals surface area contributed by atoms with E-state index in [2.05, 4.69) is 9.97 Å². The molecule has 0 radical (unpaired) electrons. The lowest BCUT2D eigenvalue weighted by molar-refractivity contribution is -0.125.